The second-order valence-electron chi connectivity index (χ2n) is 8.56. The highest BCUT2D eigenvalue weighted by molar-refractivity contribution is 5.65. The van der Waals surface area contributed by atoms with Crippen LogP contribution in [0.5, 0.6) is 0 Å². The number of aromatic nitrogens is 7. The summed E-state index contributed by atoms with van der Waals surface area (Å²) in [5.41, 5.74) is 0.874. The Morgan fingerprint density at radius 1 is 1.06 bits per heavy atom. The van der Waals surface area contributed by atoms with Crippen molar-refractivity contribution in [3.8, 4) is 23.0 Å². The van der Waals surface area contributed by atoms with Crippen molar-refractivity contribution in [2.45, 2.75) is 45.1 Å². The van der Waals surface area contributed by atoms with E-state index in [1.54, 1.807) is 23.2 Å². The van der Waals surface area contributed by atoms with Gasteiger partial charge in [-0.25, -0.2) is 18.7 Å². The van der Waals surface area contributed by atoms with E-state index in [0.717, 1.165) is 61.4 Å². The first kappa shape index (κ1) is 20.0. The van der Waals surface area contributed by atoms with E-state index in [0.29, 0.717) is 17.3 Å². The predicted molar refractivity (Wildman–Crippen MR) is 117 cm³/mol. The molecule has 1 aromatic carbocycles. The van der Waals surface area contributed by atoms with E-state index >= 15 is 0 Å². The Bertz CT molecular complexity index is 1360. The van der Waals surface area contributed by atoms with Crippen molar-refractivity contribution in [1.82, 2.24) is 34.3 Å². The average Bonchev–Trinajstić information content (AvgIpc) is 3.46. The van der Waals surface area contributed by atoms with Gasteiger partial charge in [-0.1, -0.05) is 6.92 Å². The van der Waals surface area contributed by atoms with Gasteiger partial charge in [-0.15, -0.1) is 10.2 Å². The van der Waals surface area contributed by atoms with Crippen molar-refractivity contribution in [2.75, 3.05) is 11.4 Å². The van der Waals surface area contributed by atoms with E-state index < -0.39 is 11.6 Å². The Morgan fingerprint density at radius 2 is 1.88 bits per heavy atom. The standard InChI is InChI=1S/C23H22F2N8/c1-3-23-6-4-5-8-32(23)20-18(33-14(2)29-30-21(23)33)13-27-22(28-20)31-9-7-26-19(31)15-10-16(24)12-17(25)11-15/h7,9-13H,3-6,8H2,1-2H3/t23-/m0/s1. The minimum atomic E-state index is -0.664. The van der Waals surface area contributed by atoms with Crippen molar-refractivity contribution in [3.63, 3.8) is 0 Å². The van der Waals surface area contributed by atoms with Crippen molar-refractivity contribution in [2.24, 2.45) is 0 Å². The Balaban J connectivity index is 1.54. The van der Waals surface area contributed by atoms with Crippen LogP contribution < -0.4 is 4.90 Å². The van der Waals surface area contributed by atoms with Crippen molar-refractivity contribution in [3.05, 3.63) is 60.1 Å². The molecule has 0 saturated carbocycles. The quantitative estimate of drug-likeness (QED) is 0.470. The highest BCUT2D eigenvalue weighted by atomic mass is 19.1. The average molecular weight is 448 g/mol. The molecule has 168 valence electrons. The molecule has 0 spiro atoms. The summed E-state index contributed by atoms with van der Waals surface area (Å²) < 4.78 is 31.4. The fourth-order valence-electron chi connectivity index (χ4n) is 5.25. The molecule has 0 bridgehead atoms. The Labute approximate surface area is 189 Å². The first-order valence-corrected chi connectivity index (χ1v) is 11.1. The minimum Gasteiger partial charge on any atom is -0.342 e. The summed E-state index contributed by atoms with van der Waals surface area (Å²) in [5, 5.41) is 8.92. The third-order valence-corrected chi connectivity index (χ3v) is 6.78. The van der Waals surface area contributed by atoms with Crippen LogP contribution in [0.3, 0.4) is 0 Å². The lowest BCUT2D eigenvalue weighted by atomic mass is 9.82. The number of aryl methyl sites for hydroxylation is 1. The molecule has 0 unspecified atom stereocenters. The van der Waals surface area contributed by atoms with Gasteiger partial charge in [-0.3, -0.25) is 9.13 Å². The molecule has 4 aromatic rings. The van der Waals surface area contributed by atoms with Crippen LogP contribution in [-0.4, -0.2) is 40.8 Å². The van der Waals surface area contributed by atoms with Crippen LogP contribution in [0.2, 0.25) is 0 Å². The molecule has 0 aliphatic carbocycles. The second-order valence-corrected chi connectivity index (χ2v) is 8.56. The second kappa shape index (κ2) is 7.16. The van der Waals surface area contributed by atoms with E-state index in [9.17, 15) is 8.78 Å². The number of hydrogen-bond donors (Lipinski definition) is 0. The third kappa shape index (κ3) is 2.82. The molecule has 6 rings (SSSR count). The molecule has 33 heavy (non-hydrogen) atoms. The molecule has 8 nitrogen and oxygen atoms in total. The number of rotatable bonds is 3. The summed E-state index contributed by atoms with van der Waals surface area (Å²) in [5.74, 6) is 1.96. The van der Waals surface area contributed by atoms with Gasteiger partial charge in [-0.2, -0.15) is 4.98 Å². The number of anilines is 1. The number of fused-ring (bicyclic) bond motifs is 6. The topological polar surface area (TPSA) is 77.5 Å². The molecule has 2 aliphatic heterocycles. The molecule has 1 atom stereocenters. The third-order valence-electron chi connectivity index (χ3n) is 6.78. The summed E-state index contributed by atoms with van der Waals surface area (Å²) in [6.45, 7) is 4.96. The van der Waals surface area contributed by atoms with Crippen molar-refractivity contribution in [1.29, 1.82) is 0 Å². The maximum atomic E-state index is 13.9. The summed E-state index contributed by atoms with van der Waals surface area (Å²) in [4.78, 5) is 16.2. The van der Waals surface area contributed by atoms with Gasteiger partial charge in [0.25, 0.3) is 0 Å². The van der Waals surface area contributed by atoms with Crippen LogP contribution in [0.4, 0.5) is 14.6 Å². The van der Waals surface area contributed by atoms with Gasteiger partial charge in [0.05, 0.1) is 6.20 Å². The SMILES string of the molecule is CC[C@@]12CCCCN1c1nc(-n3ccnc3-c3cc(F)cc(F)c3)ncc1-n1c(C)nnc12. The number of nitrogens with zero attached hydrogens (tertiary/aromatic N) is 8. The molecule has 0 N–H and O–H groups in total. The van der Waals surface area contributed by atoms with Crippen LogP contribution in [0.15, 0.2) is 36.8 Å². The fourth-order valence-corrected chi connectivity index (χ4v) is 5.25. The Morgan fingerprint density at radius 3 is 2.67 bits per heavy atom. The van der Waals surface area contributed by atoms with Crippen molar-refractivity contribution >= 4 is 5.82 Å². The van der Waals surface area contributed by atoms with Gasteiger partial charge < -0.3 is 4.90 Å². The van der Waals surface area contributed by atoms with Crippen molar-refractivity contribution < 1.29 is 8.78 Å². The molecular formula is C23H22F2N8. The van der Waals surface area contributed by atoms with Crippen LogP contribution >= 0.6 is 0 Å². The van der Waals surface area contributed by atoms with E-state index in [2.05, 4.69) is 36.6 Å². The molecule has 10 heteroatoms. The number of imidazole rings is 1. The zero-order valence-corrected chi connectivity index (χ0v) is 18.3. The molecule has 2 aliphatic rings. The predicted octanol–water partition coefficient (Wildman–Crippen LogP) is 4.11. The van der Waals surface area contributed by atoms with E-state index in [1.165, 1.54) is 12.1 Å². The fraction of sp³-hybridized carbons (Fsp3) is 0.348. The largest absolute Gasteiger partial charge is 0.342 e. The lowest BCUT2D eigenvalue weighted by Gasteiger charge is -2.49. The summed E-state index contributed by atoms with van der Waals surface area (Å²) in [6.07, 6.45) is 9.05. The smallest absolute Gasteiger partial charge is 0.237 e. The summed E-state index contributed by atoms with van der Waals surface area (Å²) >= 11 is 0. The summed E-state index contributed by atoms with van der Waals surface area (Å²) in [7, 11) is 0. The highest BCUT2D eigenvalue weighted by Gasteiger charge is 2.48. The monoisotopic (exact) mass is 448 g/mol. The van der Waals surface area contributed by atoms with E-state index in [1.807, 2.05) is 6.92 Å². The van der Waals surface area contributed by atoms with Crippen LogP contribution in [0.1, 0.15) is 44.3 Å². The normalized spacial score (nSPS) is 19.2. The number of halogens is 2. The lowest BCUT2D eigenvalue weighted by molar-refractivity contribution is 0.274. The van der Waals surface area contributed by atoms with Crippen LogP contribution in [0, 0.1) is 18.6 Å². The number of benzene rings is 1. The van der Waals surface area contributed by atoms with E-state index in [4.69, 9.17) is 4.98 Å². The zero-order chi connectivity index (χ0) is 22.7. The van der Waals surface area contributed by atoms with Gasteiger partial charge in [0, 0.05) is 30.6 Å². The molecule has 0 amide bonds. The molecule has 0 radical (unpaired) electrons. The maximum Gasteiger partial charge on any atom is 0.237 e. The van der Waals surface area contributed by atoms with Crippen LogP contribution in [-0.2, 0) is 5.54 Å². The van der Waals surface area contributed by atoms with Gasteiger partial charge in [0.2, 0.25) is 5.95 Å². The minimum absolute atomic E-state index is 0.276. The molecule has 3 aromatic heterocycles. The number of hydrogen-bond acceptors (Lipinski definition) is 6. The Hall–Kier alpha value is -3.69. The van der Waals surface area contributed by atoms with Gasteiger partial charge in [-0.05, 0) is 44.7 Å². The molecule has 1 fully saturated rings. The zero-order valence-electron chi connectivity index (χ0n) is 18.3. The maximum absolute atomic E-state index is 13.9. The molecule has 1 saturated heterocycles. The molecular weight excluding hydrogens is 426 g/mol. The van der Waals surface area contributed by atoms with Gasteiger partial charge >= 0.3 is 0 Å². The summed E-state index contributed by atoms with van der Waals surface area (Å²) in [6, 6.07) is 3.34. The highest BCUT2D eigenvalue weighted by Crippen LogP contribution is 2.48. The molecule has 5 heterocycles. The number of piperidine rings is 1. The van der Waals surface area contributed by atoms with E-state index in [-0.39, 0.29) is 5.54 Å². The lowest BCUT2D eigenvalue weighted by Crippen LogP contribution is -2.54. The van der Waals surface area contributed by atoms with Gasteiger partial charge in [0.15, 0.2) is 11.6 Å². The van der Waals surface area contributed by atoms with Crippen LogP contribution in [0.25, 0.3) is 23.0 Å². The Kier molecular flexibility index (Phi) is 4.33. The first-order chi connectivity index (χ1) is 16.0. The van der Waals surface area contributed by atoms with Gasteiger partial charge in [0.1, 0.15) is 34.5 Å². The first-order valence-electron chi connectivity index (χ1n) is 11.1.